The van der Waals surface area contributed by atoms with Crippen LogP contribution in [0.3, 0.4) is 0 Å². The van der Waals surface area contributed by atoms with Gasteiger partial charge in [-0.3, -0.25) is 0 Å². The molecule has 0 aliphatic rings. The first kappa shape index (κ1) is 13.1. The SMILES string of the molecule is c1ccc(NC(=[NH+]c2ccccc2)c2ccccc2)cc1. The Labute approximate surface area is 124 Å². The first-order chi connectivity index (χ1) is 10.4. The van der Waals surface area contributed by atoms with E-state index in [1.54, 1.807) is 0 Å². The van der Waals surface area contributed by atoms with Crippen molar-refractivity contribution in [3.05, 3.63) is 96.6 Å². The van der Waals surface area contributed by atoms with Crippen LogP contribution in [0.25, 0.3) is 0 Å². The molecule has 3 aromatic rings. The average Bonchev–Trinajstić information content (AvgIpc) is 2.57. The van der Waals surface area contributed by atoms with Crippen LogP contribution >= 0.6 is 0 Å². The second kappa shape index (κ2) is 6.53. The molecule has 0 spiro atoms. The molecule has 102 valence electrons. The molecule has 0 fully saturated rings. The van der Waals surface area contributed by atoms with Crippen LogP contribution in [0.2, 0.25) is 0 Å². The molecule has 0 aliphatic carbocycles. The summed E-state index contributed by atoms with van der Waals surface area (Å²) in [6.07, 6.45) is 0. The van der Waals surface area contributed by atoms with Crippen molar-refractivity contribution in [2.75, 3.05) is 5.32 Å². The highest BCUT2D eigenvalue weighted by Gasteiger charge is 2.11. The van der Waals surface area contributed by atoms with Gasteiger partial charge in [-0.05, 0) is 36.4 Å². The fourth-order valence-electron chi connectivity index (χ4n) is 2.11. The number of nitrogens with one attached hydrogen (secondary N) is 2. The fourth-order valence-corrected chi connectivity index (χ4v) is 2.11. The lowest BCUT2D eigenvalue weighted by Gasteiger charge is -2.03. The van der Waals surface area contributed by atoms with E-state index < -0.39 is 0 Å². The van der Waals surface area contributed by atoms with E-state index >= 15 is 0 Å². The maximum Gasteiger partial charge on any atom is 0.285 e. The topological polar surface area (TPSA) is 26.0 Å². The van der Waals surface area contributed by atoms with Crippen molar-refractivity contribution >= 4 is 17.2 Å². The molecule has 0 atom stereocenters. The number of para-hydroxylation sites is 2. The third-order valence-corrected chi connectivity index (χ3v) is 3.15. The van der Waals surface area contributed by atoms with E-state index in [0.29, 0.717) is 0 Å². The zero-order chi connectivity index (χ0) is 14.3. The quantitative estimate of drug-likeness (QED) is 0.557. The number of amidine groups is 1. The average molecular weight is 273 g/mol. The molecule has 0 aliphatic heterocycles. The molecule has 0 radical (unpaired) electrons. The van der Waals surface area contributed by atoms with Gasteiger partial charge >= 0.3 is 0 Å². The molecule has 0 saturated heterocycles. The van der Waals surface area contributed by atoms with Gasteiger partial charge in [-0.15, -0.1) is 0 Å². The molecular formula is C19H17N2+. The van der Waals surface area contributed by atoms with Gasteiger partial charge in [-0.1, -0.05) is 54.6 Å². The lowest BCUT2D eigenvalue weighted by atomic mass is 10.2. The molecule has 0 heterocycles. The number of benzene rings is 3. The van der Waals surface area contributed by atoms with Crippen LogP contribution in [0.4, 0.5) is 11.4 Å². The van der Waals surface area contributed by atoms with Crippen molar-refractivity contribution in [2.24, 2.45) is 0 Å². The molecule has 0 aromatic heterocycles. The van der Waals surface area contributed by atoms with Gasteiger partial charge in [0.1, 0.15) is 11.4 Å². The molecule has 0 bridgehead atoms. The zero-order valence-electron chi connectivity index (χ0n) is 11.7. The van der Waals surface area contributed by atoms with E-state index in [1.165, 1.54) is 0 Å². The van der Waals surface area contributed by atoms with Crippen molar-refractivity contribution in [3.63, 3.8) is 0 Å². The Morgan fingerprint density at radius 1 is 0.619 bits per heavy atom. The Morgan fingerprint density at radius 3 is 1.76 bits per heavy atom. The van der Waals surface area contributed by atoms with Crippen LogP contribution in [-0.4, -0.2) is 5.84 Å². The van der Waals surface area contributed by atoms with Crippen LogP contribution in [0.5, 0.6) is 0 Å². The van der Waals surface area contributed by atoms with Gasteiger partial charge in [0, 0.05) is 0 Å². The van der Waals surface area contributed by atoms with E-state index in [2.05, 4.69) is 46.7 Å². The maximum absolute atomic E-state index is 3.45. The predicted octanol–water partition coefficient (Wildman–Crippen LogP) is 2.96. The standard InChI is InChI=1S/C19H16N2/c1-4-10-16(11-5-1)19(20-17-12-6-2-7-13-17)21-18-14-8-3-9-15-18/h1-15H,(H,20,21)/p+1. The van der Waals surface area contributed by atoms with E-state index in [1.807, 2.05) is 54.6 Å². The van der Waals surface area contributed by atoms with Crippen molar-refractivity contribution in [1.82, 2.24) is 0 Å². The highest BCUT2D eigenvalue weighted by atomic mass is 15.0. The third kappa shape index (κ3) is 3.57. The third-order valence-electron chi connectivity index (χ3n) is 3.15. The highest BCUT2D eigenvalue weighted by molar-refractivity contribution is 6.04. The Kier molecular flexibility index (Phi) is 4.08. The van der Waals surface area contributed by atoms with Gasteiger partial charge in [-0.2, -0.15) is 0 Å². The molecule has 2 N–H and O–H groups in total. The lowest BCUT2D eigenvalue weighted by Crippen LogP contribution is -2.68. The predicted molar refractivity (Wildman–Crippen MR) is 87.7 cm³/mol. The highest BCUT2D eigenvalue weighted by Crippen LogP contribution is 2.07. The minimum atomic E-state index is 0.966. The second-order valence-corrected chi connectivity index (χ2v) is 4.72. The fraction of sp³-hybridized carbons (Fsp3) is 0. The van der Waals surface area contributed by atoms with Gasteiger partial charge in [0.05, 0.1) is 5.56 Å². The van der Waals surface area contributed by atoms with Crippen LogP contribution in [0, 0.1) is 0 Å². The smallest absolute Gasteiger partial charge is 0.240 e. The van der Waals surface area contributed by atoms with Crippen LogP contribution < -0.4 is 10.3 Å². The summed E-state index contributed by atoms with van der Waals surface area (Å²) in [5, 5.41) is 3.45. The molecule has 0 unspecified atom stereocenters. The largest absolute Gasteiger partial charge is 0.285 e. The van der Waals surface area contributed by atoms with Gasteiger partial charge in [0.15, 0.2) is 0 Å². The second-order valence-electron chi connectivity index (χ2n) is 4.72. The van der Waals surface area contributed by atoms with Crippen molar-refractivity contribution in [1.29, 1.82) is 0 Å². The van der Waals surface area contributed by atoms with E-state index in [0.717, 1.165) is 22.8 Å². The zero-order valence-corrected chi connectivity index (χ0v) is 11.7. The van der Waals surface area contributed by atoms with E-state index in [4.69, 9.17) is 0 Å². The first-order valence-corrected chi connectivity index (χ1v) is 6.98. The Balaban J connectivity index is 1.97. The molecule has 2 heteroatoms. The van der Waals surface area contributed by atoms with Gasteiger partial charge in [-0.25, -0.2) is 10.3 Å². The Hall–Kier alpha value is -2.87. The number of hydrogen-bond donors (Lipinski definition) is 2. The molecule has 0 amide bonds. The number of rotatable bonds is 3. The summed E-state index contributed by atoms with van der Waals surface area (Å²) < 4.78 is 0. The number of anilines is 1. The monoisotopic (exact) mass is 273 g/mol. The van der Waals surface area contributed by atoms with Gasteiger partial charge in [0.2, 0.25) is 0 Å². The summed E-state index contributed by atoms with van der Waals surface area (Å²) in [6.45, 7) is 0. The lowest BCUT2D eigenvalue weighted by molar-refractivity contribution is -0.352. The molecular weight excluding hydrogens is 256 g/mol. The molecule has 3 rings (SSSR count). The maximum atomic E-state index is 3.45. The Bertz CT molecular complexity index is 704. The summed E-state index contributed by atoms with van der Waals surface area (Å²) >= 11 is 0. The van der Waals surface area contributed by atoms with Gasteiger partial charge < -0.3 is 0 Å². The van der Waals surface area contributed by atoms with E-state index in [-0.39, 0.29) is 0 Å². The summed E-state index contributed by atoms with van der Waals surface area (Å²) in [5.74, 6) is 0.966. The van der Waals surface area contributed by atoms with Crippen LogP contribution in [0.1, 0.15) is 5.56 Å². The summed E-state index contributed by atoms with van der Waals surface area (Å²) in [7, 11) is 0. The van der Waals surface area contributed by atoms with Crippen LogP contribution in [-0.2, 0) is 0 Å². The summed E-state index contributed by atoms with van der Waals surface area (Å²) in [6, 6.07) is 30.6. The van der Waals surface area contributed by atoms with Crippen LogP contribution in [0.15, 0.2) is 91.0 Å². The van der Waals surface area contributed by atoms with Crippen molar-refractivity contribution < 1.29 is 4.99 Å². The minimum absolute atomic E-state index is 0.966. The van der Waals surface area contributed by atoms with Gasteiger partial charge in [0.25, 0.3) is 5.84 Å². The normalized spacial score (nSPS) is 11.1. The Morgan fingerprint density at radius 2 is 1.14 bits per heavy atom. The molecule has 3 aromatic carbocycles. The summed E-state index contributed by atoms with van der Waals surface area (Å²) in [5.41, 5.74) is 3.23. The van der Waals surface area contributed by atoms with E-state index in [9.17, 15) is 0 Å². The summed E-state index contributed by atoms with van der Waals surface area (Å²) in [4.78, 5) is 3.45. The van der Waals surface area contributed by atoms with Crippen molar-refractivity contribution in [2.45, 2.75) is 0 Å². The number of hydrogen-bond acceptors (Lipinski definition) is 0. The minimum Gasteiger partial charge on any atom is -0.240 e. The molecule has 2 nitrogen and oxygen atoms in total. The molecule has 21 heavy (non-hydrogen) atoms. The molecule has 0 saturated carbocycles. The first-order valence-electron chi connectivity index (χ1n) is 6.98. The van der Waals surface area contributed by atoms with Crippen molar-refractivity contribution in [3.8, 4) is 0 Å².